The average molecular weight is 407 g/mol. The van der Waals surface area contributed by atoms with Crippen LogP contribution in [0.1, 0.15) is 11.1 Å². The summed E-state index contributed by atoms with van der Waals surface area (Å²) in [5.41, 5.74) is 0.874. The van der Waals surface area contributed by atoms with Crippen molar-refractivity contribution in [2.75, 3.05) is 6.26 Å². The largest absolute Gasteiger partial charge is 0.505 e. The molecule has 1 fully saturated rings. The Bertz CT molecular complexity index is 1080. The summed E-state index contributed by atoms with van der Waals surface area (Å²) in [6.07, 6.45) is 2.46. The number of hydrogen-bond donors (Lipinski definition) is 1. The zero-order valence-electron chi connectivity index (χ0n) is 14.0. The number of phenols is 1. The fourth-order valence-corrected chi connectivity index (χ4v) is 3.99. The van der Waals surface area contributed by atoms with Crippen molar-refractivity contribution in [1.29, 1.82) is 0 Å². The molecule has 140 valence electrons. The third-order valence-electron chi connectivity index (χ3n) is 3.81. The minimum absolute atomic E-state index is 0.0694. The Hall–Kier alpha value is -2.65. The van der Waals surface area contributed by atoms with Crippen LogP contribution in [0.3, 0.4) is 0 Å². The Labute approximate surface area is 159 Å². The van der Waals surface area contributed by atoms with Crippen LogP contribution < -0.4 is 0 Å². The molecule has 0 spiro atoms. The minimum atomic E-state index is -3.40. The van der Waals surface area contributed by atoms with Crippen LogP contribution in [0.15, 0.2) is 52.3 Å². The number of carbonyl (C=O) groups is 2. The van der Waals surface area contributed by atoms with Crippen LogP contribution in [-0.4, -0.2) is 35.8 Å². The number of rotatable bonds is 4. The van der Waals surface area contributed by atoms with E-state index in [0.29, 0.717) is 11.1 Å². The lowest BCUT2D eigenvalue weighted by Gasteiger charge is -2.13. The van der Waals surface area contributed by atoms with Gasteiger partial charge in [-0.1, -0.05) is 18.2 Å². The fourth-order valence-electron chi connectivity index (χ4n) is 2.46. The summed E-state index contributed by atoms with van der Waals surface area (Å²) in [5.74, 6) is -1.88. The Morgan fingerprint density at radius 1 is 1.19 bits per heavy atom. The van der Waals surface area contributed by atoms with Crippen LogP contribution in [0.5, 0.6) is 5.75 Å². The highest BCUT2D eigenvalue weighted by molar-refractivity contribution is 8.18. The number of phenolic OH excluding ortho intramolecular Hbond substituents is 1. The summed E-state index contributed by atoms with van der Waals surface area (Å²) >= 11 is 0.721. The smallest absolute Gasteiger partial charge is 0.293 e. The summed E-state index contributed by atoms with van der Waals surface area (Å²) in [4.78, 5) is 25.9. The molecule has 2 aromatic rings. The molecule has 9 heteroatoms. The van der Waals surface area contributed by atoms with Gasteiger partial charge in [0.2, 0.25) is 0 Å². The van der Waals surface area contributed by atoms with Gasteiger partial charge in [-0.15, -0.1) is 0 Å². The molecule has 0 saturated carbocycles. The monoisotopic (exact) mass is 407 g/mol. The van der Waals surface area contributed by atoms with Crippen LogP contribution >= 0.6 is 11.8 Å². The van der Waals surface area contributed by atoms with Gasteiger partial charge in [-0.3, -0.25) is 14.5 Å². The number of nitrogens with zero attached hydrogens (tertiary/aromatic N) is 1. The van der Waals surface area contributed by atoms with Crippen molar-refractivity contribution in [1.82, 2.24) is 4.90 Å². The molecule has 0 aromatic heterocycles. The van der Waals surface area contributed by atoms with Crippen LogP contribution in [-0.2, 0) is 21.2 Å². The van der Waals surface area contributed by atoms with Crippen molar-refractivity contribution in [3.05, 3.63) is 64.3 Å². The highest BCUT2D eigenvalue weighted by Gasteiger charge is 2.35. The molecule has 1 N–H and O–H groups in total. The summed E-state index contributed by atoms with van der Waals surface area (Å²) < 4.78 is 36.4. The lowest BCUT2D eigenvalue weighted by Crippen LogP contribution is -2.27. The zero-order valence-corrected chi connectivity index (χ0v) is 15.7. The maximum absolute atomic E-state index is 13.1. The van der Waals surface area contributed by atoms with E-state index in [0.717, 1.165) is 35.1 Å². The number of hydrogen-bond acceptors (Lipinski definition) is 6. The number of benzene rings is 2. The van der Waals surface area contributed by atoms with E-state index < -0.39 is 32.6 Å². The molecule has 1 saturated heterocycles. The third-order valence-corrected chi connectivity index (χ3v) is 5.83. The second-order valence-electron chi connectivity index (χ2n) is 5.90. The molecule has 3 rings (SSSR count). The first-order valence-electron chi connectivity index (χ1n) is 7.68. The van der Waals surface area contributed by atoms with Gasteiger partial charge in [0.25, 0.3) is 11.1 Å². The quantitative estimate of drug-likeness (QED) is 0.783. The maximum atomic E-state index is 13.1. The highest BCUT2D eigenvalue weighted by atomic mass is 32.2. The molecule has 2 aromatic carbocycles. The maximum Gasteiger partial charge on any atom is 0.293 e. The Kier molecular flexibility index (Phi) is 5.07. The summed E-state index contributed by atoms with van der Waals surface area (Å²) in [5, 5.41) is 8.91. The number of amides is 2. The predicted molar refractivity (Wildman–Crippen MR) is 99.1 cm³/mol. The van der Waals surface area contributed by atoms with E-state index in [9.17, 15) is 27.5 Å². The molecule has 0 unspecified atom stereocenters. The molecule has 27 heavy (non-hydrogen) atoms. The van der Waals surface area contributed by atoms with Gasteiger partial charge in [-0.2, -0.15) is 0 Å². The number of halogens is 1. The van der Waals surface area contributed by atoms with E-state index in [4.69, 9.17) is 0 Å². The molecule has 0 atom stereocenters. The first-order chi connectivity index (χ1) is 12.6. The Balaban J connectivity index is 1.84. The summed E-state index contributed by atoms with van der Waals surface area (Å²) in [7, 11) is -3.40. The van der Waals surface area contributed by atoms with Crippen molar-refractivity contribution in [3.63, 3.8) is 0 Å². The lowest BCUT2D eigenvalue weighted by atomic mass is 10.2. The van der Waals surface area contributed by atoms with Crippen molar-refractivity contribution in [2.45, 2.75) is 11.4 Å². The molecule has 0 bridgehead atoms. The van der Waals surface area contributed by atoms with Crippen molar-refractivity contribution in [2.24, 2.45) is 0 Å². The lowest BCUT2D eigenvalue weighted by molar-refractivity contribution is -0.123. The van der Waals surface area contributed by atoms with E-state index in [-0.39, 0.29) is 16.3 Å². The van der Waals surface area contributed by atoms with Crippen molar-refractivity contribution in [3.8, 4) is 5.75 Å². The van der Waals surface area contributed by atoms with Gasteiger partial charge in [0.1, 0.15) is 0 Å². The van der Waals surface area contributed by atoms with E-state index in [1.807, 2.05) is 0 Å². The molecule has 1 heterocycles. The topological polar surface area (TPSA) is 91.8 Å². The Morgan fingerprint density at radius 2 is 1.93 bits per heavy atom. The molecule has 2 amide bonds. The average Bonchev–Trinajstić information content (AvgIpc) is 2.85. The van der Waals surface area contributed by atoms with Gasteiger partial charge < -0.3 is 5.11 Å². The number of sulfone groups is 1. The molecule has 1 aliphatic heterocycles. The predicted octanol–water partition coefficient (Wildman–Crippen LogP) is 3.17. The summed E-state index contributed by atoms with van der Waals surface area (Å²) in [6.45, 7) is -0.0694. The third kappa shape index (κ3) is 4.20. The van der Waals surface area contributed by atoms with Crippen LogP contribution in [0.4, 0.5) is 9.18 Å². The second-order valence-corrected chi connectivity index (χ2v) is 8.91. The van der Waals surface area contributed by atoms with Crippen LogP contribution in [0.25, 0.3) is 6.08 Å². The highest BCUT2D eigenvalue weighted by Crippen LogP contribution is 2.34. The zero-order chi connectivity index (χ0) is 19.8. The number of imide groups is 1. The van der Waals surface area contributed by atoms with E-state index >= 15 is 0 Å². The van der Waals surface area contributed by atoms with Gasteiger partial charge in [-0.25, -0.2) is 12.8 Å². The van der Waals surface area contributed by atoms with Gasteiger partial charge in [0.15, 0.2) is 21.4 Å². The molecular formula is C18H14FNO5S2. The minimum Gasteiger partial charge on any atom is -0.505 e. The first kappa shape index (κ1) is 19.1. The normalized spacial score (nSPS) is 16.4. The Morgan fingerprint density at radius 3 is 2.59 bits per heavy atom. The fraction of sp³-hybridized carbons (Fsp3) is 0.111. The second kappa shape index (κ2) is 7.16. The van der Waals surface area contributed by atoms with E-state index in [1.165, 1.54) is 24.3 Å². The number of aromatic hydroxyl groups is 1. The molecule has 6 nitrogen and oxygen atoms in total. The van der Waals surface area contributed by atoms with E-state index in [2.05, 4.69) is 0 Å². The van der Waals surface area contributed by atoms with Gasteiger partial charge in [0, 0.05) is 6.26 Å². The van der Waals surface area contributed by atoms with Crippen molar-refractivity contribution >= 4 is 38.8 Å². The van der Waals surface area contributed by atoms with Gasteiger partial charge in [-0.05, 0) is 53.2 Å². The van der Waals surface area contributed by atoms with Crippen molar-refractivity contribution < 1.29 is 27.5 Å². The number of carbonyl (C=O) groups excluding carboxylic acids is 2. The molecule has 0 aliphatic carbocycles. The standard InChI is InChI=1S/C18H14FNO5S2/c1-27(24,25)13-4-2-3-12(7-13)10-20-17(22)16(26-18(20)23)9-11-5-6-14(19)15(21)8-11/h2-9,21H,10H2,1H3/b16-9-. The molecule has 0 radical (unpaired) electrons. The van der Waals surface area contributed by atoms with Gasteiger partial charge in [0.05, 0.1) is 16.3 Å². The number of thioether (sulfide) groups is 1. The van der Waals surface area contributed by atoms with E-state index in [1.54, 1.807) is 12.1 Å². The molecular weight excluding hydrogens is 393 g/mol. The van der Waals surface area contributed by atoms with Gasteiger partial charge >= 0.3 is 0 Å². The molecule has 1 aliphatic rings. The van der Waals surface area contributed by atoms with Crippen LogP contribution in [0.2, 0.25) is 0 Å². The SMILES string of the molecule is CS(=O)(=O)c1cccc(CN2C(=O)S/C(=C\c3ccc(F)c(O)c3)C2=O)c1. The summed E-state index contributed by atoms with van der Waals surface area (Å²) in [6, 6.07) is 9.61. The first-order valence-corrected chi connectivity index (χ1v) is 10.4. The van der Waals surface area contributed by atoms with Crippen LogP contribution in [0, 0.1) is 5.82 Å².